The van der Waals surface area contributed by atoms with Crippen molar-refractivity contribution in [1.29, 1.82) is 0 Å². The van der Waals surface area contributed by atoms with Gasteiger partial charge in [-0.05, 0) is 30.2 Å². The van der Waals surface area contributed by atoms with Crippen molar-refractivity contribution < 1.29 is 4.79 Å². The highest BCUT2D eigenvalue weighted by atomic mass is 16.1. The van der Waals surface area contributed by atoms with Crippen LogP contribution in [0.3, 0.4) is 0 Å². The Morgan fingerprint density at radius 2 is 1.74 bits per heavy atom. The van der Waals surface area contributed by atoms with Gasteiger partial charge in [0.25, 0.3) is 5.91 Å². The van der Waals surface area contributed by atoms with Gasteiger partial charge < -0.3 is 5.32 Å². The molecule has 96 valence electrons. The van der Waals surface area contributed by atoms with Gasteiger partial charge in [0.2, 0.25) is 0 Å². The minimum absolute atomic E-state index is 0.00668. The molecule has 0 spiro atoms. The van der Waals surface area contributed by atoms with Crippen molar-refractivity contribution in [1.82, 2.24) is 5.32 Å². The second-order valence-electron chi connectivity index (χ2n) is 4.43. The lowest BCUT2D eigenvalue weighted by molar-refractivity contribution is 0.0940. The second kappa shape index (κ2) is 6.01. The number of hydrogen-bond donors (Lipinski definition) is 1. The summed E-state index contributed by atoms with van der Waals surface area (Å²) in [5.74, 6) is -0.0630. The summed E-state index contributed by atoms with van der Waals surface area (Å²) in [6.45, 7) is 5.67. The lowest BCUT2D eigenvalue weighted by Crippen LogP contribution is -2.26. The van der Waals surface area contributed by atoms with Crippen LogP contribution in [0.15, 0.2) is 61.2 Å². The molecule has 0 aromatic heterocycles. The molecule has 2 nitrogen and oxygen atoms in total. The summed E-state index contributed by atoms with van der Waals surface area (Å²) in [5.41, 5.74) is 2.76. The maximum Gasteiger partial charge on any atom is 0.251 e. The fraction of sp³-hybridized carbons (Fsp3) is 0.118. The SMILES string of the molecule is C=Cc1ccc(C(=O)NC(C)c2ccccc2)cc1. The molecule has 0 bridgehead atoms. The van der Waals surface area contributed by atoms with E-state index in [0.29, 0.717) is 5.56 Å². The summed E-state index contributed by atoms with van der Waals surface area (Å²) in [7, 11) is 0. The number of nitrogens with one attached hydrogen (secondary N) is 1. The Bertz CT molecular complexity index is 558. The Balaban J connectivity index is 2.06. The molecule has 1 amide bonds. The van der Waals surface area contributed by atoms with Gasteiger partial charge in [0.05, 0.1) is 6.04 Å². The molecule has 0 aliphatic heterocycles. The molecule has 2 heteroatoms. The number of rotatable bonds is 4. The minimum Gasteiger partial charge on any atom is -0.346 e. The maximum absolute atomic E-state index is 12.1. The maximum atomic E-state index is 12.1. The topological polar surface area (TPSA) is 29.1 Å². The van der Waals surface area contributed by atoms with Gasteiger partial charge in [-0.15, -0.1) is 0 Å². The monoisotopic (exact) mass is 251 g/mol. The van der Waals surface area contributed by atoms with Gasteiger partial charge in [-0.1, -0.05) is 55.1 Å². The standard InChI is InChI=1S/C17H17NO/c1-3-14-9-11-16(12-10-14)17(19)18-13(2)15-7-5-4-6-8-15/h3-13H,1H2,2H3,(H,18,19). The van der Waals surface area contributed by atoms with Crippen LogP contribution in [0, 0.1) is 0 Å². The molecule has 0 saturated heterocycles. The molecule has 1 N–H and O–H groups in total. The van der Waals surface area contributed by atoms with E-state index in [4.69, 9.17) is 0 Å². The van der Waals surface area contributed by atoms with Crippen molar-refractivity contribution in [2.24, 2.45) is 0 Å². The summed E-state index contributed by atoms with van der Waals surface area (Å²) in [6.07, 6.45) is 1.76. The summed E-state index contributed by atoms with van der Waals surface area (Å²) in [6, 6.07) is 17.3. The number of amides is 1. The zero-order chi connectivity index (χ0) is 13.7. The van der Waals surface area contributed by atoms with Gasteiger partial charge >= 0.3 is 0 Å². The van der Waals surface area contributed by atoms with E-state index < -0.39 is 0 Å². The molecule has 2 aromatic carbocycles. The molecule has 0 fully saturated rings. The van der Waals surface area contributed by atoms with E-state index in [-0.39, 0.29) is 11.9 Å². The first-order valence-electron chi connectivity index (χ1n) is 6.29. The van der Waals surface area contributed by atoms with Crippen molar-refractivity contribution in [3.8, 4) is 0 Å². The summed E-state index contributed by atoms with van der Waals surface area (Å²) in [4.78, 5) is 12.1. The van der Waals surface area contributed by atoms with Crippen LogP contribution >= 0.6 is 0 Å². The van der Waals surface area contributed by atoms with Crippen LogP contribution in [0.25, 0.3) is 6.08 Å². The van der Waals surface area contributed by atoms with E-state index in [2.05, 4.69) is 11.9 Å². The van der Waals surface area contributed by atoms with Crippen molar-refractivity contribution in [3.05, 3.63) is 77.9 Å². The van der Waals surface area contributed by atoms with E-state index in [0.717, 1.165) is 11.1 Å². The van der Waals surface area contributed by atoms with Gasteiger partial charge in [-0.2, -0.15) is 0 Å². The average Bonchev–Trinajstić information content (AvgIpc) is 2.48. The van der Waals surface area contributed by atoms with Crippen LogP contribution < -0.4 is 5.32 Å². The van der Waals surface area contributed by atoms with E-state index in [1.807, 2.05) is 61.5 Å². The first-order valence-corrected chi connectivity index (χ1v) is 6.29. The molecule has 0 heterocycles. The third-order valence-corrected chi connectivity index (χ3v) is 3.06. The smallest absolute Gasteiger partial charge is 0.251 e. The molecule has 19 heavy (non-hydrogen) atoms. The molecule has 0 saturated carbocycles. The molecular formula is C17H17NO. The molecule has 1 unspecified atom stereocenters. The molecule has 2 rings (SSSR count). The molecule has 0 radical (unpaired) electrons. The van der Waals surface area contributed by atoms with Gasteiger partial charge in [0.15, 0.2) is 0 Å². The number of carbonyl (C=O) groups is 1. The predicted molar refractivity (Wildman–Crippen MR) is 78.9 cm³/mol. The van der Waals surface area contributed by atoms with E-state index in [1.165, 1.54) is 0 Å². The third kappa shape index (κ3) is 3.32. The fourth-order valence-electron chi connectivity index (χ4n) is 1.88. The van der Waals surface area contributed by atoms with Crippen molar-refractivity contribution in [2.45, 2.75) is 13.0 Å². The highest BCUT2D eigenvalue weighted by Crippen LogP contribution is 2.13. The summed E-state index contributed by atoms with van der Waals surface area (Å²) < 4.78 is 0. The Hall–Kier alpha value is -2.35. The number of benzene rings is 2. The average molecular weight is 251 g/mol. The quantitative estimate of drug-likeness (QED) is 0.879. The van der Waals surface area contributed by atoms with Gasteiger partial charge in [-0.3, -0.25) is 4.79 Å². The molecule has 1 atom stereocenters. The van der Waals surface area contributed by atoms with Crippen LogP contribution in [0.5, 0.6) is 0 Å². The summed E-state index contributed by atoms with van der Waals surface area (Å²) in [5, 5.41) is 2.99. The Labute approximate surface area is 113 Å². The van der Waals surface area contributed by atoms with Crippen molar-refractivity contribution in [3.63, 3.8) is 0 Å². The lowest BCUT2D eigenvalue weighted by Gasteiger charge is -2.14. The zero-order valence-electron chi connectivity index (χ0n) is 11.0. The number of hydrogen-bond acceptors (Lipinski definition) is 1. The highest BCUT2D eigenvalue weighted by molar-refractivity contribution is 5.94. The first kappa shape index (κ1) is 13.1. The van der Waals surface area contributed by atoms with Crippen LogP contribution in [-0.4, -0.2) is 5.91 Å². The molecule has 0 aliphatic rings. The normalized spacial score (nSPS) is 11.6. The van der Waals surface area contributed by atoms with Crippen LogP contribution in [-0.2, 0) is 0 Å². The summed E-state index contributed by atoms with van der Waals surface area (Å²) >= 11 is 0. The van der Waals surface area contributed by atoms with Gasteiger partial charge in [0, 0.05) is 5.56 Å². The van der Waals surface area contributed by atoms with Gasteiger partial charge in [-0.25, -0.2) is 0 Å². The number of carbonyl (C=O) groups excluding carboxylic acids is 1. The van der Waals surface area contributed by atoms with Crippen molar-refractivity contribution >= 4 is 12.0 Å². The Kier molecular flexibility index (Phi) is 4.14. The lowest BCUT2D eigenvalue weighted by atomic mass is 10.1. The highest BCUT2D eigenvalue weighted by Gasteiger charge is 2.10. The molecule has 0 aliphatic carbocycles. The van der Waals surface area contributed by atoms with E-state index in [9.17, 15) is 4.79 Å². The van der Waals surface area contributed by atoms with Gasteiger partial charge in [0.1, 0.15) is 0 Å². The third-order valence-electron chi connectivity index (χ3n) is 3.06. The second-order valence-corrected chi connectivity index (χ2v) is 4.43. The Morgan fingerprint density at radius 3 is 2.32 bits per heavy atom. The zero-order valence-corrected chi connectivity index (χ0v) is 11.0. The van der Waals surface area contributed by atoms with Crippen molar-refractivity contribution in [2.75, 3.05) is 0 Å². The van der Waals surface area contributed by atoms with Crippen LogP contribution in [0.4, 0.5) is 0 Å². The first-order chi connectivity index (χ1) is 9.20. The fourth-order valence-corrected chi connectivity index (χ4v) is 1.88. The molecule has 2 aromatic rings. The predicted octanol–water partition coefficient (Wildman–Crippen LogP) is 3.82. The minimum atomic E-state index is -0.0630. The largest absolute Gasteiger partial charge is 0.346 e. The Morgan fingerprint density at radius 1 is 1.11 bits per heavy atom. The van der Waals surface area contributed by atoms with E-state index in [1.54, 1.807) is 6.08 Å². The van der Waals surface area contributed by atoms with E-state index >= 15 is 0 Å². The van der Waals surface area contributed by atoms with Crippen LogP contribution in [0.2, 0.25) is 0 Å². The molecular weight excluding hydrogens is 234 g/mol. The van der Waals surface area contributed by atoms with Crippen LogP contribution in [0.1, 0.15) is 34.5 Å².